The standard InChI is InChI=1S/C15H24N6O2/c1-10(2)13-8-12(22-21-13)9-18-15(16-4)17-7-5-6-14-19-11(3)20-23-14/h8,10H,5-7,9H2,1-4H3,(H2,16,17,18). The minimum atomic E-state index is 0.360. The first-order chi connectivity index (χ1) is 11.1. The van der Waals surface area contributed by atoms with E-state index >= 15 is 0 Å². The molecule has 0 fully saturated rings. The van der Waals surface area contributed by atoms with Gasteiger partial charge in [-0.3, -0.25) is 4.99 Å². The molecule has 2 aromatic rings. The van der Waals surface area contributed by atoms with E-state index in [9.17, 15) is 0 Å². The van der Waals surface area contributed by atoms with Crippen molar-refractivity contribution in [2.24, 2.45) is 4.99 Å². The van der Waals surface area contributed by atoms with Gasteiger partial charge in [0, 0.05) is 26.1 Å². The number of aryl methyl sites for hydroxylation is 2. The van der Waals surface area contributed by atoms with E-state index in [1.165, 1.54) is 0 Å². The Labute approximate surface area is 135 Å². The molecule has 23 heavy (non-hydrogen) atoms. The summed E-state index contributed by atoms with van der Waals surface area (Å²) < 4.78 is 10.4. The van der Waals surface area contributed by atoms with Crippen LogP contribution in [-0.4, -0.2) is 34.8 Å². The Bertz CT molecular complexity index is 631. The molecule has 0 amide bonds. The minimum absolute atomic E-state index is 0.360. The number of hydrogen-bond donors (Lipinski definition) is 2. The molecule has 0 spiro atoms. The zero-order valence-electron chi connectivity index (χ0n) is 14.1. The molecule has 0 radical (unpaired) electrons. The topological polar surface area (TPSA) is 101 Å². The predicted octanol–water partition coefficient (Wildman–Crippen LogP) is 1.79. The number of nitrogens with zero attached hydrogens (tertiary/aromatic N) is 4. The molecule has 0 aromatic carbocycles. The molecule has 8 heteroatoms. The number of rotatable bonds is 7. The van der Waals surface area contributed by atoms with Gasteiger partial charge in [-0.15, -0.1) is 0 Å². The molecule has 0 unspecified atom stereocenters. The molecule has 0 aliphatic heterocycles. The fourth-order valence-electron chi connectivity index (χ4n) is 1.96. The van der Waals surface area contributed by atoms with Gasteiger partial charge in [-0.1, -0.05) is 24.2 Å². The van der Waals surface area contributed by atoms with Crippen LogP contribution in [0.3, 0.4) is 0 Å². The van der Waals surface area contributed by atoms with Crippen molar-refractivity contribution in [1.29, 1.82) is 0 Å². The van der Waals surface area contributed by atoms with E-state index in [2.05, 4.69) is 44.8 Å². The van der Waals surface area contributed by atoms with E-state index in [0.717, 1.165) is 30.8 Å². The molecule has 2 rings (SSSR count). The Kier molecular flexibility index (Phi) is 6.13. The van der Waals surface area contributed by atoms with Crippen molar-refractivity contribution in [3.05, 3.63) is 29.2 Å². The van der Waals surface area contributed by atoms with E-state index in [-0.39, 0.29) is 0 Å². The van der Waals surface area contributed by atoms with Gasteiger partial charge in [-0.25, -0.2) is 0 Å². The lowest BCUT2D eigenvalue weighted by molar-refractivity contribution is 0.370. The molecule has 2 aromatic heterocycles. The molecule has 0 aliphatic carbocycles. The SMILES string of the molecule is CN=C(NCCCc1nc(C)no1)NCc1cc(C(C)C)no1. The number of aromatic nitrogens is 3. The van der Waals surface area contributed by atoms with Crippen LogP contribution in [0.1, 0.15) is 49.4 Å². The first-order valence-corrected chi connectivity index (χ1v) is 7.77. The first-order valence-electron chi connectivity index (χ1n) is 7.77. The van der Waals surface area contributed by atoms with Crippen molar-refractivity contribution < 1.29 is 9.05 Å². The molecule has 2 heterocycles. The van der Waals surface area contributed by atoms with Crippen molar-refractivity contribution in [2.75, 3.05) is 13.6 Å². The minimum Gasteiger partial charge on any atom is -0.359 e. The lowest BCUT2D eigenvalue weighted by atomic mass is 10.1. The number of aliphatic imine (C=N–C) groups is 1. The average Bonchev–Trinajstić information content (AvgIpc) is 3.15. The number of guanidine groups is 1. The zero-order valence-corrected chi connectivity index (χ0v) is 14.1. The van der Waals surface area contributed by atoms with Gasteiger partial charge in [0.15, 0.2) is 17.5 Å². The van der Waals surface area contributed by atoms with E-state index in [1.54, 1.807) is 7.05 Å². The second-order valence-electron chi connectivity index (χ2n) is 5.56. The highest BCUT2D eigenvalue weighted by Gasteiger charge is 2.08. The Morgan fingerprint density at radius 3 is 2.70 bits per heavy atom. The quantitative estimate of drug-likeness (QED) is 0.455. The average molecular weight is 320 g/mol. The van der Waals surface area contributed by atoms with Gasteiger partial charge < -0.3 is 19.7 Å². The summed E-state index contributed by atoms with van der Waals surface area (Å²) in [5.41, 5.74) is 0.958. The summed E-state index contributed by atoms with van der Waals surface area (Å²) in [4.78, 5) is 8.34. The lowest BCUT2D eigenvalue weighted by Gasteiger charge is -2.09. The summed E-state index contributed by atoms with van der Waals surface area (Å²) in [6.07, 6.45) is 1.62. The highest BCUT2D eigenvalue weighted by Crippen LogP contribution is 2.13. The van der Waals surface area contributed by atoms with E-state index < -0.39 is 0 Å². The third-order valence-corrected chi connectivity index (χ3v) is 3.25. The highest BCUT2D eigenvalue weighted by molar-refractivity contribution is 5.79. The molecular weight excluding hydrogens is 296 g/mol. The molecule has 0 bridgehead atoms. The molecule has 0 aliphatic rings. The molecule has 0 atom stereocenters. The normalized spacial score (nSPS) is 12.0. The van der Waals surface area contributed by atoms with Crippen LogP contribution in [0.5, 0.6) is 0 Å². The monoisotopic (exact) mass is 320 g/mol. The van der Waals surface area contributed by atoms with Gasteiger partial charge in [0.05, 0.1) is 12.2 Å². The van der Waals surface area contributed by atoms with Gasteiger partial charge in [0.25, 0.3) is 0 Å². The predicted molar refractivity (Wildman–Crippen MR) is 86.1 cm³/mol. The third kappa shape index (κ3) is 5.39. The van der Waals surface area contributed by atoms with Crippen molar-refractivity contribution in [3.63, 3.8) is 0 Å². The Hall–Kier alpha value is -2.38. The Balaban J connectivity index is 1.68. The van der Waals surface area contributed by atoms with Crippen LogP contribution in [-0.2, 0) is 13.0 Å². The van der Waals surface area contributed by atoms with Crippen molar-refractivity contribution in [2.45, 2.75) is 46.1 Å². The van der Waals surface area contributed by atoms with Gasteiger partial charge in [0.2, 0.25) is 5.89 Å². The fourth-order valence-corrected chi connectivity index (χ4v) is 1.96. The van der Waals surface area contributed by atoms with E-state index in [1.807, 2.05) is 13.0 Å². The van der Waals surface area contributed by atoms with Crippen LogP contribution in [0.15, 0.2) is 20.1 Å². The number of hydrogen-bond acceptors (Lipinski definition) is 6. The molecule has 126 valence electrons. The fraction of sp³-hybridized carbons (Fsp3) is 0.600. The number of nitrogens with one attached hydrogen (secondary N) is 2. The van der Waals surface area contributed by atoms with Gasteiger partial charge >= 0.3 is 0 Å². The largest absolute Gasteiger partial charge is 0.359 e. The van der Waals surface area contributed by atoms with Crippen LogP contribution in [0, 0.1) is 6.92 Å². The lowest BCUT2D eigenvalue weighted by Crippen LogP contribution is -2.37. The zero-order chi connectivity index (χ0) is 16.7. The third-order valence-electron chi connectivity index (χ3n) is 3.25. The summed E-state index contributed by atoms with van der Waals surface area (Å²) in [6.45, 7) is 7.28. The van der Waals surface area contributed by atoms with Crippen LogP contribution in [0.2, 0.25) is 0 Å². The van der Waals surface area contributed by atoms with Crippen LogP contribution in [0.25, 0.3) is 0 Å². The van der Waals surface area contributed by atoms with Crippen molar-refractivity contribution >= 4 is 5.96 Å². The Morgan fingerprint density at radius 2 is 2.09 bits per heavy atom. The smallest absolute Gasteiger partial charge is 0.226 e. The molecule has 0 saturated carbocycles. The first kappa shape index (κ1) is 17.0. The van der Waals surface area contributed by atoms with Gasteiger partial charge in [-0.2, -0.15) is 4.98 Å². The summed E-state index contributed by atoms with van der Waals surface area (Å²) in [7, 11) is 1.73. The highest BCUT2D eigenvalue weighted by atomic mass is 16.5. The van der Waals surface area contributed by atoms with E-state index in [0.29, 0.717) is 30.1 Å². The van der Waals surface area contributed by atoms with Gasteiger partial charge in [-0.05, 0) is 19.3 Å². The molecule has 0 saturated heterocycles. The van der Waals surface area contributed by atoms with Crippen molar-refractivity contribution in [1.82, 2.24) is 25.9 Å². The van der Waals surface area contributed by atoms with Gasteiger partial charge in [0.1, 0.15) is 0 Å². The maximum atomic E-state index is 5.28. The maximum Gasteiger partial charge on any atom is 0.226 e. The molecule has 8 nitrogen and oxygen atoms in total. The van der Waals surface area contributed by atoms with Crippen LogP contribution >= 0.6 is 0 Å². The second kappa shape index (κ2) is 8.30. The summed E-state index contributed by atoms with van der Waals surface area (Å²) in [5.74, 6) is 3.19. The maximum absolute atomic E-state index is 5.28. The molecule has 2 N–H and O–H groups in total. The Morgan fingerprint density at radius 1 is 1.26 bits per heavy atom. The second-order valence-corrected chi connectivity index (χ2v) is 5.56. The molecular formula is C15H24N6O2. The van der Waals surface area contributed by atoms with E-state index in [4.69, 9.17) is 9.05 Å². The van der Waals surface area contributed by atoms with Crippen LogP contribution in [0.4, 0.5) is 0 Å². The summed E-state index contributed by atoms with van der Waals surface area (Å²) in [6, 6.07) is 1.96. The van der Waals surface area contributed by atoms with Crippen LogP contribution < -0.4 is 10.6 Å². The summed E-state index contributed by atoms with van der Waals surface area (Å²) >= 11 is 0. The summed E-state index contributed by atoms with van der Waals surface area (Å²) in [5, 5.41) is 14.2. The van der Waals surface area contributed by atoms with Crippen molar-refractivity contribution in [3.8, 4) is 0 Å².